The number of carbonyl (C=O) groups is 2. The Balaban J connectivity index is 1.84. The van der Waals surface area contributed by atoms with Crippen LogP contribution < -0.4 is 15.0 Å². The van der Waals surface area contributed by atoms with Gasteiger partial charge in [0.25, 0.3) is 17.4 Å². The molecule has 0 aliphatic carbocycles. The van der Waals surface area contributed by atoms with Gasteiger partial charge in [0.1, 0.15) is 5.75 Å². The van der Waals surface area contributed by atoms with Crippen molar-refractivity contribution in [2.45, 2.75) is 32.9 Å². The predicted molar refractivity (Wildman–Crippen MR) is 96.5 cm³/mol. The van der Waals surface area contributed by atoms with E-state index in [2.05, 4.69) is 5.32 Å². The van der Waals surface area contributed by atoms with Crippen LogP contribution in [0.1, 0.15) is 25.0 Å². The molecule has 0 saturated heterocycles. The third kappa shape index (κ3) is 2.97. The normalized spacial score (nSPS) is 19.2. The van der Waals surface area contributed by atoms with E-state index in [1.807, 2.05) is 56.3 Å². The highest BCUT2D eigenvalue weighted by molar-refractivity contribution is 6.16. The van der Waals surface area contributed by atoms with E-state index < -0.39 is 11.5 Å². The number of likely N-dealkylation sites (N-methyl/N-ethyl adjacent to an activating group) is 1. The van der Waals surface area contributed by atoms with Crippen LogP contribution in [0.3, 0.4) is 0 Å². The van der Waals surface area contributed by atoms with Crippen LogP contribution in [-0.4, -0.2) is 24.0 Å². The first-order chi connectivity index (χ1) is 12.0. The summed E-state index contributed by atoms with van der Waals surface area (Å²) in [6, 6.07) is 15.1. The van der Waals surface area contributed by atoms with Crippen molar-refractivity contribution in [3.63, 3.8) is 0 Å². The zero-order valence-electron chi connectivity index (χ0n) is 14.7. The van der Waals surface area contributed by atoms with Crippen molar-refractivity contribution in [1.82, 2.24) is 5.32 Å². The standard InChI is InChI=1S/C20H22N2O3/c1-4-22-16-11-7-8-12-17(16)25-20(3,19(22)24)18(23)21-13-15-10-6-5-9-14(15)2/h5-12H,4,13H2,1-3H3,(H,21,23). The van der Waals surface area contributed by atoms with Gasteiger partial charge in [-0.1, -0.05) is 36.4 Å². The van der Waals surface area contributed by atoms with Gasteiger partial charge in [-0.3, -0.25) is 9.59 Å². The van der Waals surface area contributed by atoms with Gasteiger partial charge in [-0.15, -0.1) is 0 Å². The molecule has 1 unspecified atom stereocenters. The number of rotatable bonds is 4. The molecule has 1 aliphatic heterocycles. The Hall–Kier alpha value is -2.82. The van der Waals surface area contributed by atoms with Crippen molar-refractivity contribution in [2.24, 2.45) is 0 Å². The zero-order chi connectivity index (χ0) is 18.0. The van der Waals surface area contributed by atoms with Crippen LogP contribution in [0.2, 0.25) is 0 Å². The molecule has 0 saturated carbocycles. The lowest BCUT2D eigenvalue weighted by Crippen LogP contribution is -2.62. The summed E-state index contributed by atoms with van der Waals surface area (Å²) in [5.74, 6) is -0.248. The maximum Gasteiger partial charge on any atom is 0.280 e. The van der Waals surface area contributed by atoms with Crippen molar-refractivity contribution in [2.75, 3.05) is 11.4 Å². The van der Waals surface area contributed by atoms with Gasteiger partial charge >= 0.3 is 0 Å². The van der Waals surface area contributed by atoms with E-state index in [0.29, 0.717) is 24.5 Å². The second kappa shape index (κ2) is 6.59. The summed E-state index contributed by atoms with van der Waals surface area (Å²) >= 11 is 0. The number of amides is 2. The van der Waals surface area contributed by atoms with Gasteiger partial charge in [0.15, 0.2) is 0 Å². The van der Waals surface area contributed by atoms with Gasteiger partial charge in [0.05, 0.1) is 5.69 Å². The molecule has 130 valence electrons. The Bertz CT molecular complexity index is 818. The first-order valence-corrected chi connectivity index (χ1v) is 8.40. The SMILES string of the molecule is CCN1C(=O)C(C)(C(=O)NCc2ccccc2C)Oc2ccccc21. The second-order valence-electron chi connectivity index (χ2n) is 6.26. The molecule has 2 amide bonds. The summed E-state index contributed by atoms with van der Waals surface area (Å²) < 4.78 is 5.84. The number of nitrogens with one attached hydrogen (secondary N) is 1. The number of hydrogen-bond acceptors (Lipinski definition) is 3. The van der Waals surface area contributed by atoms with Crippen molar-refractivity contribution in [1.29, 1.82) is 0 Å². The van der Waals surface area contributed by atoms with Crippen molar-refractivity contribution >= 4 is 17.5 Å². The van der Waals surface area contributed by atoms with Gasteiger partial charge < -0.3 is 15.0 Å². The molecule has 1 aliphatic rings. The topological polar surface area (TPSA) is 58.6 Å². The zero-order valence-corrected chi connectivity index (χ0v) is 14.7. The molecule has 2 aromatic carbocycles. The van der Waals surface area contributed by atoms with E-state index in [1.54, 1.807) is 11.0 Å². The minimum absolute atomic E-state index is 0.351. The third-order valence-electron chi connectivity index (χ3n) is 4.57. The molecule has 0 aromatic heterocycles. The number of carbonyl (C=O) groups excluding carboxylic acids is 2. The predicted octanol–water partition coefficient (Wildman–Crippen LogP) is 2.82. The molecule has 0 spiro atoms. The molecule has 3 rings (SSSR count). The molecule has 2 aromatic rings. The van der Waals surface area contributed by atoms with E-state index in [1.165, 1.54) is 6.92 Å². The van der Waals surface area contributed by atoms with Crippen LogP contribution in [0.15, 0.2) is 48.5 Å². The quantitative estimate of drug-likeness (QED) is 0.872. The highest BCUT2D eigenvalue weighted by Gasteiger charge is 2.50. The summed E-state index contributed by atoms with van der Waals surface area (Å²) in [7, 11) is 0. The van der Waals surface area contributed by atoms with Crippen LogP contribution in [0.4, 0.5) is 5.69 Å². The van der Waals surface area contributed by atoms with E-state index in [0.717, 1.165) is 11.1 Å². The minimum atomic E-state index is -1.58. The molecule has 1 heterocycles. The lowest BCUT2D eigenvalue weighted by atomic mass is 9.99. The van der Waals surface area contributed by atoms with Crippen LogP contribution in [0.5, 0.6) is 5.75 Å². The fourth-order valence-corrected chi connectivity index (χ4v) is 3.01. The summed E-state index contributed by atoms with van der Waals surface area (Å²) in [4.78, 5) is 27.3. The number of aryl methyl sites for hydroxylation is 1. The lowest BCUT2D eigenvalue weighted by molar-refractivity contribution is -0.148. The molecular formula is C20H22N2O3. The Morgan fingerprint density at radius 3 is 2.56 bits per heavy atom. The van der Waals surface area contributed by atoms with Gasteiger partial charge in [-0.2, -0.15) is 0 Å². The van der Waals surface area contributed by atoms with Gasteiger partial charge in [0.2, 0.25) is 0 Å². The van der Waals surface area contributed by atoms with E-state index in [9.17, 15) is 9.59 Å². The Kier molecular flexibility index (Phi) is 4.49. The van der Waals surface area contributed by atoms with Gasteiger partial charge in [-0.25, -0.2) is 0 Å². The number of fused-ring (bicyclic) bond motifs is 1. The number of anilines is 1. The number of ether oxygens (including phenoxy) is 1. The van der Waals surface area contributed by atoms with Crippen LogP contribution in [0, 0.1) is 6.92 Å². The molecule has 1 N–H and O–H groups in total. The summed E-state index contributed by atoms with van der Waals surface area (Å²) in [5, 5.41) is 2.84. The average Bonchev–Trinajstić information content (AvgIpc) is 2.62. The Labute approximate surface area is 147 Å². The molecule has 25 heavy (non-hydrogen) atoms. The number of benzene rings is 2. The molecule has 1 atom stereocenters. The number of nitrogens with zero attached hydrogens (tertiary/aromatic N) is 1. The van der Waals surface area contributed by atoms with E-state index >= 15 is 0 Å². The molecule has 5 nitrogen and oxygen atoms in total. The maximum absolute atomic E-state index is 12.9. The molecule has 0 bridgehead atoms. The Morgan fingerprint density at radius 2 is 1.84 bits per heavy atom. The highest BCUT2D eigenvalue weighted by atomic mass is 16.5. The first kappa shape index (κ1) is 17.0. The van der Waals surface area contributed by atoms with Gasteiger partial charge in [-0.05, 0) is 44.0 Å². The van der Waals surface area contributed by atoms with Crippen molar-refractivity contribution in [3.05, 3.63) is 59.7 Å². The summed E-state index contributed by atoms with van der Waals surface area (Å²) in [6.07, 6.45) is 0. The smallest absolute Gasteiger partial charge is 0.280 e. The number of hydrogen-bond donors (Lipinski definition) is 1. The highest BCUT2D eigenvalue weighted by Crippen LogP contribution is 2.37. The molecule has 0 fully saturated rings. The first-order valence-electron chi connectivity index (χ1n) is 8.40. The van der Waals surface area contributed by atoms with Crippen LogP contribution >= 0.6 is 0 Å². The molecule has 0 radical (unpaired) electrons. The second-order valence-corrected chi connectivity index (χ2v) is 6.26. The average molecular weight is 338 g/mol. The Morgan fingerprint density at radius 1 is 1.16 bits per heavy atom. The maximum atomic E-state index is 12.9. The minimum Gasteiger partial charge on any atom is -0.466 e. The fourth-order valence-electron chi connectivity index (χ4n) is 3.01. The largest absolute Gasteiger partial charge is 0.466 e. The third-order valence-corrected chi connectivity index (χ3v) is 4.57. The van der Waals surface area contributed by atoms with E-state index in [-0.39, 0.29) is 5.91 Å². The van der Waals surface area contributed by atoms with E-state index in [4.69, 9.17) is 4.74 Å². The lowest BCUT2D eigenvalue weighted by Gasteiger charge is -2.39. The van der Waals surface area contributed by atoms with Crippen LogP contribution in [0.25, 0.3) is 0 Å². The van der Waals surface area contributed by atoms with Crippen molar-refractivity contribution in [3.8, 4) is 5.75 Å². The monoisotopic (exact) mass is 338 g/mol. The summed E-state index contributed by atoms with van der Waals surface area (Å²) in [5.41, 5.74) is 1.21. The molecule has 5 heteroatoms. The summed E-state index contributed by atoms with van der Waals surface area (Å²) in [6.45, 7) is 6.22. The van der Waals surface area contributed by atoms with Crippen molar-refractivity contribution < 1.29 is 14.3 Å². The number of para-hydroxylation sites is 2. The fraction of sp³-hybridized carbons (Fsp3) is 0.300. The van der Waals surface area contributed by atoms with Gasteiger partial charge in [0, 0.05) is 13.1 Å². The van der Waals surface area contributed by atoms with Crippen LogP contribution in [-0.2, 0) is 16.1 Å². The molecular weight excluding hydrogens is 316 g/mol.